The summed E-state index contributed by atoms with van der Waals surface area (Å²) in [5.41, 5.74) is 7.89. The minimum Gasteiger partial charge on any atom is -0.481 e. The Bertz CT molecular complexity index is 798. The van der Waals surface area contributed by atoms with Crippen molar-refractivity contribution in [2.24, 2.45) is 5.41 Å². The molecule has 2 aromatic carbocycles. The second kappa shape index (κ2) is 7.30. The van der Waals surface area contributed by atoms with E-state index in [0.717, 1.165) is 11.1 Å². The van der Waals surface area contributed by atoms with Crippen molar-refractivity contribution < 1.29 is 19.4 Å². The molecule has 1 saturated heterocycles. The maximum atomic E-state index is 12.7. The smallest absolute Gasteiger partial charge is 0.310 e. The molecule has 0 saturated carbocycles. The van der Waals surface area contributed by atoms with Crippen molar-refractivity contribution in [1.82, 2.24) is 0 Å². The lowest BCUT2D eigenvalue weighted by atomic mass is 9.73. The highest BCUT2D eigenvalue weighted by molar-refractivity contribution is 5.99. The number of rotatable bonds is 5. The first kappa shape index (κ1) is 18.1. The molecule has 2 atom stereocenters. The number of anilines is 1. The Morgan fingerprint density at radius 2 is 1.69 bits per heavy atom. The van der Waals surface area contributed by atoms with E-state index in [2.05, 4.69) is 0 Å². The van der Waals surface area contributed by atoms with E-state index >= 15 is 0 Å². The SMILES string of the molecule is CC1CC(CC(=O)c2ccc(-c3ccc(N)cc3)cc2)(C(=O)O)CCO1. The number of hydrogen-bond donors (Lipinski definition) is 2. The van der Waals surface area contributed by atoms with E-state index in [1.54, 1.807) is 12.1 Å². The van der Waals surface area contributed by atoms with Crippen LogP contribution in [0.2, 0.25) is 0 Å². The summed E-state index contributed by atoms with van der Waals surface area (Å²) in [5, 5.41) is 9.70. The molecule has 3 N–H and O–H groups in total. The number of carboxylic acids is 1. The Morgan fingerprint density at radius 3 is 2.23 bits per heavy atom. The molecule has 2 unspecified atom stereocenters. The van der Waals surface area contributed by atoms with E-state index < -0.39 is 11.4 Å². The number of carbonyl (C=O) groups excluding carboxylic acids is 1. The number of carboxylic acid groups (broad SMARTS) is 1. The van der Waals surface area contributed by atoms with Crippen LogP contribution in [0.3, 0.4) is 0 Å². The first-order valence-electron chi connectivity index (χ1n) is 8.74. The fourth-order valence-corrected chi connectivity index (χ4v) is 3.53. The lowest BCUT2D eigenvalue weighted by Crippen LogP contribution is -2.41. The molecular formula is C21H23NO4. The zero-order valence-electron chi connectivity index (χ0n) is 14.8. The van der Waals surface area contributed by atoms with Crippen molar-refractivity contribution in [3.63, 3.8) is 0 Å². The van der Waals surface area contributed by atoms with Gasteiger partial charge in [-0.1, -0.05) is 36.4 Å². The zero-order chi connectivity index (χ0) is 18.7. The highest BCUT2D eigenvalue weighted by Crippen LogP contribution is 2.38. The van der Waals surface area contributed by atoms with Crippen molar-refractivity contribution in [3.8, 4) is 11.1 Å². The van der Waals surface area contributed by atoms with Crippen LogP contribution in [-0.4, -0.2) is 29.6 Å². The van der Waals surface area contributed by atoms with Crippen LogP contribution in [0.4, 0.5) is 5.69 Å². The van der Waals surface area contributed by atoms with E-state index in [4.69, 9.17) is 10.5 Å². The quantitative estimate of drug-likeness (QED) is 0.631. The topological polar surface area (TPSA) is 89.6 Å². The van der Waals surface area contributed by atoms with Gasteiger partial charge in [-0.2, -0.15) is 0 Å². The normalized spacial score (nSPS) is 22.7. The van der Waals surface area contributed by atoms with Gasteiger partial charge in [-0.05, 0) is 43.0 Å². The molecule has 2 aromatic rings. The number of ether oxygens (including phenoxy) is 1. The third-order valence-electron chi connectivity index (χ3n) is 5.06. The zero-order valence-corrected chi connectivity index (χ0v) is 14.8. The fraction of sp³-hybridized carbons (Fsp3) is 0.333. The van der Waals surface area contributed by atoms with Crippen LogP contribution in [0.1, 0.15) is 36.5 Å². The number of carbonyl (C=O) groups is 2. The Kier molecular flexibility index (Phi) is 5.09. The monoisotopic (exact) mass is 353 g/mol. The Hall–Kier alpha value is -2.66. The van der Waals surface area contributed by atoms with E-state index in [0.29, 0.717) is 30.7 Å². The molecule has 5 nitrogen and oxygen atoms in total. The number of nitrogen functional groups attached to an aromatic ring is 1. The van der Waals surface area contributed by atoms with Gasteiger partial charge in [-0.15, -0.1) is 0 Å². The second-order valence-electron chi connectivity index (χ2n) is 7.02. The van der Waals surface area contributed by atoms with E-state index in [1.165, 1.54) is 0 Å². The largest absolute Gasteiger partial charge is 0.481 e. The van der Waals surface area contributed by atoms with Crippen LogP contribution < -0.4 is 5.73 Å². The van der Waals surface area contributed by atoms with Crippen molar-refractivity contribution in [2.75, 3.05) is 12.3 Å². The van der Waals surface area contributed by atoms with Crippen LogP contribution in [-0.2, 0) is 9.53 Å². The maximum Gasteiger partial charge on any atom is 0.310 e. The standard InChI is InChI=1S/C21H23NO4/c1-14-12-21(20(24)25,10-11-26-14)13-19(23)17-4-2-15(3-5-17)16-6-8-18(22)9-7-16/h2-9,14H,10-13,22H2,1H3,(H,24,25). The summed E-state index contributed by atoms with van der Waals surface area (Å²) in [5.74, 6) is -1.06. The number of Topliss-reactive ketones (excluding diaryl/α,β-unsaturated/α-hetero) is 1. The Morgan fingerprint density at radius 1 is 1.12 bits per heavy atom. The average molecular weight is 353 g/mol. The van der Waals surface area contributed by atoms with Crippen LogP contribution in [0, 0.1) is 5.41 Å². The van der Waals surface area contributed by atoms with Gasteiger partial charge < -0.3 is 15.6 Å². The summed E-state index contributed by atoms with van der Waals surface area (Å²) in [7, 11) is 0. The lowest BCUT2D eigenvalue weighted by Gasteiger charge is -2.36. The predicted octanol–water partition coefficient (Wildman–Crippen LogP) is 3.78. The molecule has 26 heavy (non-hydrogen) atoms. The highest BCUT2D eigenvalue weighted by atomic mass is 16.5. The maximum absolute atomic E-state index is 12.7. The molecule has 1 aliphatic rings. The molecule has 136 valence electrons. The first-order chi connectivity index (χ1) is 12.4. The second-order valence-corrected chi connectivity index (χ2v) is 7.02. The van der Waals surface area contributed by atoms with E-state index in [9.17, 15) is 14.7 Å². The van der Waals surface area contributed by atoms with Crippen LogP contribution in [0.5, 0.6) is 0 Å². The van der Waals surface area contributed by atoms with Crippen LogP contribution in [0.15, 0.2) is 48.5 Å². The molecule has 3 rings (SSSR count). The molecule has 1 aliphatic heterocycles. The lowest BCUT2D eigenvalue weighted by molar-refractivity contribution is -0.158. The summed E-state index contributed by atoms with van der Waals surface area (Å²) in [6, 6.07) is 14.8. The molecule has 0 aliphatic carbocycles. The molecular weight excluding hydrogens is 330 g/mol. The molecule has 0 spiro atoms. The summed E-state index contributed by atoms with van der Waals surface area (Å²) in [6.45, 7) is 2.22. The van der Waals surface area contributed by atoms with Gasteiger partial charge in [0.1, 0.15) is 0 Å². The van der Waals surface area contributed by atoms with Crippen molar-refractivity contribution >= 4 is 17.4 Å². The van der Waals surface area contributed by atoms with Gasteiger partial charge in [0.2, 0.25) is 0 Å². The van der Waals surface area contributed by atoms with Gasteiger partial charge >= 0.3 is 5.97 Å². The molecule has 0 amide bonds. The third kappa shape index (κ3) is 3.78. The molecule has 0 radical (unpaired) electrons. The summed E-state index contributed by atoms with van der Waals surface area (Å²) >= 11 is 0. The number of ketones is 1. The Labute approximate surface area is 152 Å². The summed E-state index contributed by atoms with van der Waals surface area (Å²) in [4.78, 5) is 24.5. The molecule has 1 heterocycles. The van der Waals surface area contributed by atoms with Gasteiger partial charge in [-0.3, -0.25) is 9.59 Å². The first-order valence-corrected chi connectivity index (χ1v) is 8.74. The number of benzene rings is 2. The van der Waals surface area contributed by atoms with Crippen LogP contribution in [0.25, 0.3) is 11.1 Å². The molecule has 0 bridgehead atoms. The fourth-order valence-electron chi connectivity index (χ4n) is 3.53. The minimum absolute atomic E-state index is 0.00273. The van der Waals surface area contributed by atoms with Gasteiger partial charge in [0.05, 0.1) is 11.5 Å². The van der Waals surface area contributed by atoms with Crippen LogP contribution >= 0.6 is 0 Å². The number of nitrogens with two attached hydrogens (primary N) is 1. The van der Waals surface area contributed by atoms with Gasteiger partial charge in [0, 0.05) is 24.3 Å². The average Bonchev–Trinajstić information content (AvgIpc) is 2.62. The minimum atomic E-state index is -1.04. The van der Waals surface area contributed by atoms with E-state index in [1.807, 2.05) is 43.3 Å². The van der Waals surface area contributed by atoms with Crippen molar-refractivity contribution in [2.45, 2.75) is 32.3 Å². The summed E-state index contributed by atoms with van der Waals surface area (Å²) in [6.07, 6.45) is 0.567. The van der Waals surface area contributed by atoms with Gasteiger partial charge in [0.25, 0.3) is 0 Å². The molecule has 1 fully saturated rings. The predicted molar refractivity (Wildman–Crippen MR) is 100.0 cm³/mol. The molecule has 0 aromatic heterocycles. The highest BCUT2D eigenvalue weighted by Gasteiger charge is 2.44. The number of hydrogen-bond acceptors (Lipinski definition) is 4. The Balaban J connectivity index is 1.77. The molecule has 5 heteroatoms. The van der Waals surface area contributed by atoms with Gasteiger partial charge in [0.15, 0.2) is 5.78 Å². The van der Waals surface area contributed by atoms with Crippen molar-refractivity contribution in [1.29, 1.82) is 0 Å². The van der Waals surface area contributed by atoms with E-state index in [-0.39, 0.29) is 18.3 Å². The van der Waals surface area contributed by atoms with Gasteiger partial charge in [-0.25, -0.2) is 0 Å². The van der Waals surface area contributed by atoms with Crippen molar-refractivity contribution in [3.05, 3.63) is 54.1 Å². The third-order valence-corrected chi connectivity index (χ3v) is 5.06. The summed E-state index contributed by atoms with van der Waals surface area (Å²) < 4.78 is 5.46. The number of aliphatic carboxylic acids is 1.